The van der Waals surface area contributed by atoms with E-state index in [0.717, 1.165) is 31.2 Å². The summed E-state index contributed by atoms with van der Waals surface area (Å²) in [6.07, 6.45) is 6.58. The summed E-state index contributed by atoms with van der Waals surface area (Å²) >= 11 is 0. The molecule has 0 spiro atoms. The Kier molecular flexibility index (Phi) is 7.00. The fourth-order valence-corrected chi connectivity index (χ4v) is 4.93. The first-order valence-corrected chi connectivity index (χ1v) is 11.8. The third-order valence-corrected chi connectivity index (χ3v) is 6.96. The van der Waals surface area contributed by atoms with Crippen molar-refractivity contribution in [2.45, 2.75) is 63.7 Å². The zero-order valence-electron chi connectivity index (χ0n) is 20.6. The van der Waals surface area contributed by atoms with Crippen molar-refractivity contribution in [2.24, 2.45) is 0 Å². The number of benzene rings is 1. The number of nitrogens with one attached hydrogen (secondary N) is 1. The molecule has 188 valence electrons. The average Bonchev–Trinajstić information content (AvgIpc) is 3.30. The molecule has 2 amide bonds. The third kappa shape index (κ3) is 4.56. The molecule has 2 aliphatic rings. The number of amides is 2. The maximum absolute atomic E-state index is 13.8. The molecular formula is C25H32N4O6. The minimum absolute atomic E-state index is 0.0652. The Morgan fingerprint density at radius 2 is 1.83 bits per heavy atom. The lowest BCUT2D eigenvalue weighted by Crippen LogP contribution is -2.64. The lowest BCUT2D eigenvalue weighted by molar-refractivity contribution is -0.134. The molecule has 1 aliphatic heterocycles. The van der Waals surface area contributed by atoms with Gasteiger partial charge in [-0.25, -0.2) is 9.78 Å². The molecule has 1 aliphatic carbocycles. The maximum Gasteiger partial charge on any atom is 0.359 e. The highest BCUT2D eigenvalue weighted by Gasteiger charge is 2.49. The number of ether oxygens (including phenoxy) is 3. The summed E-state index contributed by atoms with van der Waals surface area (Å²) < 4.78 is 17.1. The van der Waals surface area contributed by atoms with Gasteiger partial charge in [0, 0.05) is 12.6 Å². The van der Waals surface area contributed by atoms with Crippen LogP contribution in [-0.2, 0) is 22.6 Å². The minimum Gasteiger partial charge on any atom is -0.493 e. The molecule has 1 atom stereocenters. The Bertz CT molecular complexity index is 1120. The molecular weight excluding hydrogens is 452 g/mol. The summed E-state index contributed by atoms with van der Waals surface area (Å²) in [7, 11) is 4.33. The quantitative estimate of drug-likeness (QED) is 0.601. The van der Waals surface area contributed by atoms with Crippen molar-refractivity contribution in [1.82, 2.24) is 19.8 Å². The third-order valence-electron chi connectivity index (χ3n) is 6.96. The Balaban J connectivity index is 1.72. The Hall–Kier alpha value is -3.56. The number of methoxy groups -OCH3 is 3. The number of aromatic nitrogens is 2. The van der Waals surface area contributed by atoms with Crippen LogP contribution >= 0.6 is 0 Å². The van der Waals surface area contributed by atoms with Gasteiger partial charge < -0.3 is 29.0 Å². The average molecular weight is 485 g/mol. The topological polar surface area (TPSA) is 112 Å². The molecule has 2 heterocycles. The van der Waals surface area contributed by atoms with Gasteiger partial charge in [0.1, 0.15) is 11.2 Å². The van der Waals surface area contributed by atoms with Gasteiger partial charge in [0.05, 0.1) is 34.2 Å². The van der Waals surface area contributed by atoms with Crippen LogP contribution in [0.3, 0.4) is 0 Å². The molecule has 1 aromatic carbocycles. The zero-order chi connectivity index (χ0) is 25.2. The Morgan fingerprint density at radius 3 is 2.49 bits per heavy atom. The highest BCUT2D eigenvalue weighted by atomic mass is 16.5. The smallest absolute Gasteiger partial charge is 0.359 e. The van der Waals surface area contributed by atoms with Gasteiger partial charge >= 0.3 is 5.97 Å². The van der Waals surface area contributed by atoms with Gasteiger partial charge in [0.2, 0.25) is 5.91 Å². The van der Waals surface area contributed by atoms with Gasteiger partial charge in [0.15, 0.2) is 17.2 Å². The van der Waals surface area contributed by atoms with Crippen molar-refractivity contribution in [3.63, 3.8) is 0 Å². The number of esters is 1. The van der Waals surface area contributed by atoms with Crippen LogP contribution in [0.4, 0.5) is 0 Å². The van der Waals surface area contributed by atoms with Crippen molar-refractivity contribution in [1.29, 1.82) is 0 Å². The monoisotopic (exact) mass is 484 g/mol. The number of carbonyl (C=O) groups excluding carboxylic acids is 3. The number of hydrogen-bond donors (Lipinski definition) is 1. The van der Waals surface area contributed by atoms with Crippen LogP contribution in [0.15, 0.2) is 24.5 Å². The van der Waals surface area contributed by atoms with E-state index in [2.05, 4.69) is 10.3 Å². The second kappa shape index (κ2) is 9.97. The van der Waals surface area contributed by atoms with Crippen LogP contribution < -0.4 is 14.8 Å². The molecule has 2 aromatic rings. The molecule has 0 saturated heterocycles. The summed E-state index contributed by atoms with van der Waals surface area (Å²) in [5.41, 5.74) is -0.409. The van der Waals surface area contributed by atoms with Crippen LogP contribution in [0.25, 0.3) is 0 Å². The molecule has 35 heavy (non-hydrogen) atoms. The van der Waals surface area contributed by atoms with E-state index in [-0.39, 0.29) is 36.4 Å². The molecule has 1 N–H and O–H groups in total. The first-order chi connectivity index (χ1) is 16.8. The van der Waals surface area contributed by atoms with E-state index in [1.165, 1.54) is 31.9 Å². The SMILES string of the molecule is COC(=O)c1ncn2c1C(=O)N(Cc1ccc(OC)c(OC)c1)[C@](C)(C(=O)NC1CCCCC1)C2. The van der Waals surface area contributed by atoms with Crippen LogP contribution in [0.1, 0.15) is 65.6 Å². The molecule has 0 bridgehead atoms. The predicted octanol–water partition coefficient (Wildman–Crippen LogP) is 2.55. The standard InChI is InChI=1S/C25H32N4O6/c1-25(24(32)27-17-8-6-5-7-9-17)14-28-15-26-20(23(31)35-4)21(28)22(30)29(25)13-16-10-11-18(33-2)19(12-16)34-3/h10-12,15,17H,5-9,13-14H2,1-4H3,(H,27,32)/t25-/m0/s1. The van der Waals surface area contributed by atoms with Crippen LogP contribution in [-0.4, -0.2) is 65.1 Å². The summed E-state index contributed by atoms with van der Waals surface area (Å²) in [4.78, 5) is 45.4. The molecule has 1 fully saturated rings. The zero-order valence-corrected chi connectivity index (χ0v) is 20.6. The first kappa shape index (κ1) is 24.6. The lowest BCUT2D eigenvalue weighted by Gasteiger charge is -2.44. The second-order valence-electron chi connectivity index (χ2n) is 9.22. The highest BCUT2D eigenvalue weighted by Crippen LogP contribution is 2.34. The van der Waals surface area contributed by atoms with Gasteiger partial charge in [0.25, 0.3) is 5.91 Å². The first-order valence-electron chi connectivity index (χ1n) is 11.8. The number of nitrogens with zero attached hydrogens (tertiary/aromatic N) is 3. The largest absolute Gasteiger partial charge is 0.493 e. The van der Waals surface area contributed by atoms with Gasteiger partial charge in [-0.15, -0.1) is 0 Å². The number of imidazole rings is 1. The van der Waals surface area contributed by atoms with E-state index >= 15 is 0 Å². The molecule has 10 heteroatoms. The molecule has 10 nitrogen and oxygen atoms in total. The second-order valence-corrected chi connectivity index (χ2v) is 9.22. The van der Waals surface area contributed by atoms with E-state index in [4.69, 9.17) is 14.2 Å². The number of rotatable bonds is 7. The number of fused-ring (bicyclic) bond motifs is 1. The fourth-order valence-electron chi connectivity index (χ4n) is 4.93. The molecule has 4 rings (SSSR count). The van der Waals surface area contributed by atoms with E-state index in [1.807, 2.05) is 6.07 Å². The van der Waals surface area contributed by atoms with E-state index in [9.17, 15) is 14.4 Å². The van der Waals surface area contributed by atoms with Crippen molar-refractivity contribution < 1.29 is 28.6 Å². The summed E-state index contributed by atoms with van der Waals surface area (Å²) in [6.45, 7) is 2.04. The highest BCUT2D eigenvalue weighted by molar-refractivity contribution is 6.06. The summed E-state index contributed by atoms with van der Waals surface area (Å²) in [5, 5.41) is 3.17. The number of carbonyl (C=O) groups is 3. The maximum atomic E-state index is 13.8. The molecule has 0 unspecified atom stereocenters. The van der Waals surface area contributed by atoms with E-state index in [1.54, 1.807) is 30.7 Å². The summed E-state index contributed by atoms with van der Waals surface area (Å²) in [5.74, 6) is -0.316. The van der Waals surface area contributed by atoms with Gasteiger partial charge in [-0.3, -0.25) is 9.59 Å². The lowest BCUT2D eigenvalue weighted by atomic mass is 9.90. The number of hydrogen-bond acceptors (Lipinski definition) is 7. The fraction of sp³-hybridized carbons (Fsp3) is 0.520. The van der Waals surface area contributed by atoms with Gasteiger partial charge in [-0.2, -0.15) is 0 Å². The predicted molar refractivity (Wildman–Crippen MR) is 126 cm³/mol. The van der Waals surface area contributed by atoms with Crippen molar-refractivity contribution in [3.8, 4) is 11.5 Å². The van der Waals surface area contributed by atoms with E-state index < -0.39 is 17.4 Å². The Labute approximate surface area is 204 Å². The van der Waals surface area contributed by atoms with Crippen LogP contribution in [0.2, 0.25) is 0 Å². The molecule has 1 saturated carbocycles. The van der Waals surface area contributed by atoms with Gasteiger partial charge in [-0.1, -0.05) is 25.3 Å². The summed E-state index contributed by atoms with van der Waals surface area (Å²) in [6, 6.07) is 5.44. The molecule has 1 aromatic heterocycles. The van der Waals surface area contributed by atoms with Crippen LogP contribution in [0.5, 0.6) is 11.5 Å². The van der Waals surface area contributed by atoms with E-state index in [0.29, 0.717) is 11.5 Å². The molecule has 0 radical (unpaired) electrons. The minimum atomic E-state index is -1.21. The van der Waals surface area contributed by atoms with Gasteiger partial charge in [-0.05, 0) is 37.5 Å². The Morgan fingerprint density at radius 1 is 1.11 bits per heavy atom. The van der Waals surface area contributed by atoms with Crippen LogP contribution in [0, 0.1) is 0 Å². The van der Waals surface area contributed by atoms with Crippen molar-refractivity contribution in [2.75, 3.05) is 21.3 Å². The van der Waals surface area contributed by atoms with Crippen molar-refractivity contribution >= 4 is 17.8 Å². The normalized spacial score (nSPS) is 20.2. The van der Waals surface area contributed by atoms with Crippen molar-refractivity contribution in [3.05, 3.63) is 41.5 Å².